The smallest absolute Gasteiger partial charge is 0.332 e. The normalized spacial score (nSPS) is 12.5. The molecule has 0 N–H and O–H groups in total. The highest BCUT2D eigenvalue weighted by atomic mass is 16.6. The van der Waals surface area contributed by atoms with E-state index in [2.05, 4.69) is 4.98 Å². The molecule has 2 aromatic rings. The SMILES string of the molecule is COCC(=O)OC(C)CCCCn1c(=O)c2c(ncn2C)n(C)c1=O. The third-order valence-electron chi connectivity index (χ3n) is 4.04. The fraction of sp³-hybridized carbons (Fsp3) is 0.625. The Morgan fingerprint density at radius 1 is 1.28 bits per heavy atom. The Morgan fingerprint density at radius 2 is 2.00 bits per heavy atom. The number of aryl methyl sites for hydroxylation is 2. The lowest BCUT2D eigenvalue weighted by Gasteiger charge is -2.13. The molecule has 0 bridgehead atoms. The van der Waals surface area contributed by atoms with Gasteiger partial charge in [0.1, 0.15) is 6.61 Å². The van der Waals surface area contributed by atoms with E-state index < -0.39 is 5.97 Å². The summed E-state index contributed by atoms with van der Waals surface area (Å²) in [5.74, 6) is -0.401. The van der Waals surface area contributed by atoms with Crippen LogP contribution in [0.25, 0.3) is 11.2 Å². The molecule has 2 heterocycles. The number of imidazole rings is 1. The van der Waals surface area contributed by atoms with E-state index in [0.29, 0.717) is 30.6 Å². The van der Waals surface area contributed by atoms with Gasteiger partial charge in [-0.2, -0.15) is 0 Å². The summed E-state index contributed by atoms with van der Waals surface area (Å²) in [4.78, 5) is 40.3. The van der Waals surface area contributed by atoms with Crippen molar-refractivity contribution in [2.75, 3.05) is 13.7 Å². The molecule has 1 unspecified atom stereocenters. The first-order chi connectivity index (χ1) is 11.9. The maximum atomic E-state index is 12.5. The maximum Gasteiger partial charge on any atom is 0.332 e. The number of rotatable bonds is 8. The Hall–Kier alpha value is -2.42. The van der Waals surface area contributed by atoms with Crippen molar-refractivity contribution in [3.63, 3.8) is 0 Å². The Kier molecular flexibility index (Phi) is 6.13. The number of hydrogen-bond acceptors (Lipinski definition) is 6. The Labute approximate surface area is 144 Å². The second-order valence-electron chi connectivity index (χ2n) is 6.06. The number of aromatic nitrogens is 4. The van der Waals surface area contributed by atoms with Gasteiger partial charge in [-0.3, -0.25) is 13.9 Å². The molecule has 9 nitrogen and oxygen atoms in total. The molecule has 0 saturated carbocycles. The summed E-state index contributed by atoms with van der Waals surface area (Å²) in [6, 6.07) is 0. The summed E-state index contributed by atoms with van der Waals surface area (Å²) < 4.78 is 14.1. The van der Waals surface area contributed by atoms with Gasteiger partial charge in [-0.15, -0.1) is 0 Å². The number of methoxy groups -OCH3 is 1. The van der Waals surface area contributed by atoms with Crippen molar-refractivity contribution in [1.82, 2.24) is 18.7 Å². The molecule has 0 aromatic carbocycles. The Morgan fingerprint density at radius 3 is 2.68 bits per heavy atom. The summed E-state index contributed by atoms with van der Waals surface area (Å²) in [6.45, 7) is 2.05. The van der Waals surface area contributed by atoms with Crippen LogP contribution in [0.3, 0.4) is 0 Å². The number of esters is 1. The quantitative estimate of drug-likeness (QED) is 0.497. The first-order valence-corrected chi connectivity index (χ1v) is 8.16. The predicted molar refractivity (Wildman–Crippen MR) is 91.5 cm³/mol. The van der Waals surface area contributed by atoms with Crippen LogP contribution in [0, 0.1) is 0 Å². The zero-order chi connectivity index (χ0) is 18.6. The second-order valence-corrected chi connectivity index (χ2v) is 6.06. The highest BCUT2D eigenvalue weighted by Crippen LogP contribution is 2.07. The monoisotopic (exact) mass is 352 g/mol. The zero-order valence-corrected chi connectivity index (χ0v) is 15.0. The number of hydrogen-bond donors (Lipinski definition) is 0. The van der Waals surface area contributed by atoms with E-state index in [4.69, 9.17) is 9.47 Å². The standard InChI is InChI=1S/C16H24N4O5/c1-11(25-12(21)9-24-4)7-5-6-8-20-15(22)13-14(17-10-18(13)2)19(3)16(20)23/h10-11H,5-9H2,1-4H3. The number of unbranched alkanes of at least 4 members (excludes halogenated alkanes) is 1. The summed E-state index contributed by atoms with van der Waals surface area (Å²) in [5, 5.41) is 0. The van der Waals surface area contributed by atoms with E-state index >= 15 is 0 Å². The molecule has 9 heteroatoms. The molecule has 0 aliphatic heterocycles. The molecule has 0 saturated heterocycles. The lowest BCUT2D eigenvalue weighted by Crippen LogP contribution is -2.39. The predicted octanol–water partition coefficient (Wildman–Crippen LogP) is 0.182. The molecule has 0 amide bonds. The largest absolute Gasteiger partial charge is 0.461 e. The van der Waals surface area contributed by atoms with E-state index in [1.165, 1.54) is 22.6 Å². The van der Waals surface area contributed by atoms with Crippen LogP contribution in [0.5, 0.6) is 0 Å². The highest BCUT2D eigenvalue weighted by molar-refractivity contribution is 5.71. The lowest BCUT2D eigenvalue weighted by molar-refractivity contribution is -0.152. The topological polar surface area (TPSA) is 97.3 Å². The molecule has 0 aliphatic rings. The average Bonchev–Trinajstić information content (AvgIpc) is 2.94. The van der Waals surface area contributed by atoms with Crippen molar-refractivity contribution in [2.45, 2.75) is 38.8 Å². The van der Waals surface area contributed by atoms with Gasteiger partial charge >= 0.3 is 11.7 Å². The lowest BCUT2D eigenvalue weighted by atomic mass is 10.1. The first kappa shape index (κ1) is 18.9. The summed E-state index contributed by atoms with van der Waals surface area (Å²) in [7, 11) is 4.76. The molecule has 2 aromatic heterocycles. The van der Waals surface area contributed by atoms with E-state index in [-0.39, 0.29) is 24.0 Å². The van der Waals surface area contributed by atoms with E-state index in [1.54, 1.807) is 25.6 Å². The molecule has 0 aliphatic carbocycles. The van der Waals surface area contributed by atoms with Crippen LogP contribution in [0.4, 0.5) is 0 Å². The minimum atomic E-state index is -0.401. The second kappa shape index (κ2) is 8.11. The fourth-order valence-electron chi connectivity index (χ4n) is 2.73. The van der Waals surface area contributed by atoms with Gasteiger partial charge in [0.2, 0.25) is 0 Å². The third kappa shape index (κ3) is 4.16. The van der Waals surface area contributed by atoms with E-state index in [0.717, 1.165) is 6.42 Å². The Balaban J connectivity index is 2.00. The number of carbonyl (C=O) groups is 1. The molecule has 0 spiro atoms. The minimum absolute atomic E-state index is 0.0690. The zero-order valence-electron chi connectivity index (χ0n) is 15.0. The van der Waals surface area contributed by atoms with Crippen LogP contribution in [0.15, 0.2) is 15.9 Å². The van der Waals surface area contributed by atoms with Crippen molar-refractivity contribution in [2.24, 2.45) is 14.1 Å². The van der Waals surface area contributed by atoms with Crippen molar-refractivity contribution >= 4 is 17.1 Å². The van der Waals surface area contributed by atoms with Crippen molar-refractivity contribution in [3.8, 4) is 0 Å². The molecule has 0 fully saturated rings. The van der Waals surface area contributed by atoms with Gasteiger partial charge in [-0.25, -0.2) is 14.6 Å². The molecular formula is C16H24N4O5. The van der Waals surface area contributed by atoms with Gasteiger partial charge in [0.25, 0.3) is 5.56 Å². The van der Waals surface area contributed by atoms with Gasteiger partial charge < -0.3 is 14.0 Å². The number of fused-ring (bicyclic) bond motifs is 1. The molecule has 2 rings (SSSR count). The summed E-state index contributed by atoms with van der Waals surface area (Å²) in [6.07, 6.45) is 3.29. The molecular weight excluding hydrogens is 328 g/mol. The van der Waals surface area contributed by atoms with Gasteiger partial charge in [0.15, 0.2) is 11.2 Å². The van der Waals surface area contributed by atoms with Crippen molar-refractivity contribution in [1.29, 1.82) is 0 Å². The van der Waals surface area contributed by atoms with Crippen molar-refractivity contribution < 1.29 is 14.3 Å². The van der Waals surface area contributed by atoms with Crippen molar-refractivity contribution in [3.05, 3.63) is 27.2 Å². The third-order valence-corrected chi connectivity index (χ3v) is 4.04. The van der Waals surface area contributed by atoms with E-state index in [1.807, 2.05) is 0 Å². The molecule has 25 heavy (non-hydrogen) atoms. The van der Waals surface area contributed by atoms with Gasteiger partial charge in [0.05, 0.1) is 12.4 Å². The summed E-state index contributed by atoms with van der Waals surface area (Å²) >= 11 is 0. The Bertz CT molecular complexity index is 864. The average molecular weight is 352 g/mol. The summed E-state index contributed by atoms with van der Waals surface area (Å²) in [5.41, 5.74) is 0.0739. The number of carbonyl (C=O) groups excluding carboxylic acids is 1. The fourth-order valence-corrected chi connectivity index (χ4v) is 2.73. The van der Waals surface area contributed by atoms with Crippen LogP contribution in [0.2, 0.25) is 0 Å². The first-order valence-electron chi connectivity index (χ1n) is 8.16. The van der Waals surface area contributed by atoms with Crippen LogP contribution in [-0.4, -0.2) is 44.5 Å². The highest BCUT2D eigenvalue weighted by Gasteiger charge is 2.15. The van der Waals surface area contributed by atoms with Crippen LogP contribution in [-0.2, 0) is 34.9 Å². The van der Waals surface area contributed by atoms with Gasteiger partial charge in [-0.1, -0.05) is 0 Å². The number of ether oxygens (including phenoxy) is 2. The molecule has 1 atom stereocenters. The maximum absolute atomic E-state index is 12.5. The number of nitrogens with zero attached hydrogens (tertiary/aromatic N) is 4. The molecule has 0 radical (unpaired) electrons. The minimum Gasteiger partial charge on any atom is -0.461 e. The van der Waals surface area contributed by atoms with Crippen LogP contribution < -0.4 is 11.2 Å². The van der Waals surface area contributed by atoms with Gasteiger partial charge in [-0.05, 0) is 26.2 Å². The van der Waals surface area contributed by atoms with Crippen LogP contribution in [0.1, 0.15) is 26.2 Å². The van der Waals surface area contributed by atoms with Crippen LogP contribution >= 0.6 is 0 Å². The van der Waals surface area contributed by atoms with E-state index in [9.17, 15) is 14.4 Å². The molecule has 138 valence electrons. The van der Waals surface area contributed by atoms with Gasteiger partial charge in [0, 0.05) is 27.7 Å².